The molecule has 0 bridgehead atoms. The van der Waals surface area contributed by atoms with Gasteiger partial charge < -0.3 is 15.3 Å². The Morgan fingerprint density at radius 2 is 2.00 bits per heavy atom. The van der Waals surface area contributed by atoms with Crippen molar-refractivity contribution in [1.82, 2.24) is 19.4 Å². The van der Waals surface area contributed by atoms with Gasteiger partial charge in [0.2, 0.25) is 5.95 Å². The molecular weight excluding hydrogens is 542 g/mol. The maximum atomic E-state index is 13.0. The van der Waals surface area contributed by atoms with Crippen LogP contribution in [0.5, 0.6) is 0 Å². The summed E-state index contributed by atoms with van der Waals surface area (Å²) in [5, 5.41) is 14.6. The third kappa shape index (κ3) is 4.43. The van der Waals surface area contributed by atoms with Crippen LogP contribution in [0.25, 0.3) is 11.0 Å². The van der Waals surface area contributed by atoms with Gasteiger partial charge in [-0.25, -0.2) is 4.98 Å². The number of alkyl halides is 3. The summed E-state index contributed by atoms with van der Waals surface area (Å²) in [6.07, 6.45) is -0.606. The van der Waals surface area contributed by atoms with Gasteiger partial charge in [-0.15, -0.1) is 0 Å². The minimum absolute atomic E-state index is 0.0164. The molecule has 1 saturated carbocycles. The number of hydrogen-bond acceptors (Lipinski definition) is 6. The first-order valence-corrected chi connectivity index (χ1v) is 11.5. The third-order valence-electron chi connectivity index (χ3n) is 6.28. The zero-order valence-corrected chi connectivity index (χ0v) is 19.5. The molecule has 8 nitrogen and oxygen atoms in total. The van der Waals surface area contributed by atoms with Crippen LogP contribution < -0.4 is 10.9 Å². The topological polar surface area (TPSA) is 100 Å². The lowest BCUT2D eigenvalue weighted by atomic mass is 10.00. The standard InChI is InChI=1S/C20H23F3IN5O3/c1-19(32)6-2-3-14(19)29-15-11(9-13(24)16(29)30)10-25-18(27-15)26-12-4-7-28(8-5-12)17(31)20(21,22)23/h9-10,12,14,32H,2-8H2,1H3,(H,25,26,27)/t14-,19-/m1/s1. The molecule has 2 atom stereocenters. The number of pyridine rings is 1. The Morgan fingerprint density at radius 1 is 1.31 bits per heavy atom. The zero-order chi connectivity index (χ0) is 23.3. The van der Waals surface area contributed by atoms with Crippen LogP contribution in [0.1, 0.15) is 45.1 Å². The summed E-state index contributed by atoms with van der Waals surface area (Å²) in [5.74, 6) is -1.56. The molecule has 4 rings (SSSR count). The Bertz CT molecular complexity index is 1100. The van der Waals surface area contributed by atoms with E-state index in [1.807, 2.05) is 22.6 Å². The van der Waals surface area contributed by atoms with E-state index < -0.39 is 23.7 Å². The van der Waals surface area contributed by atoms with Crippen LogP contribution in [0.15, 0.2) is 17.1 Å². The molecule has 12 heteroatoms. The molecule has 2 aromatic heterocycles. The summed E-state index contributed by atoms with van der Waals surface area (Å²) in [7, 11) is 0. The Kier molecular flexibility index (Phi) is 6.11. The highest BCUT2D eigenvalue weighted by Gasteiger charge is 2.43. The van der Waals surface area contributed by atoms with Crippen LogP contribution in [0.2, 0.25) is 0 Å². The molecule has 174 valence electrons. The maximum absolute atomic E-state index is 13.0. The molecule has 0 radical (unpaired) electrons. The van der Waals surface area contributed by atoms with E-state index in [0.717, 1.165) is 11.3 Å². The van der Waals surface area contributed by atoms with Gasteiger partial charge in [0.05, 0.1) is 15.2 Å². The van der Waals surface area contributed by atoms with Gasteiger partial charge in [0.1, 0.15) is 5.65 Å². The fraction of sp³-hybridized carbons (Fsp3) is 0.600. The minimum atomic E-state index is -4.87. The first-order chi connectivity index (χ1) is 15.0. The molecule has 1 aliphatic carbocycles. The fourth-order valence-electron chi connectivity index (χ4n) is 4.57. The summed E-state index contributed by atoms with van der Waals surface area (Å²) < 4.78 is 40.0. The molecule has 0 spiro atoms. The Labute approximate surface area is 195 Å². The smallest absolute Gasteiger partial charge is 0.388 e. The normalized spacial score (nSPS) is 24.8. The molecule has 2 N–H and O–H groups in total. The summed E-state index contributed by atoms with van der Waals surface area (Å²) >= 11 is 1.96. The van der Waals surface area contributed by atoms with Crippen molar-refractivity contribution in [3.63, 3.8) is 0 Å². The van der Waals surface area contributed by atoms with E-state index in [-0.39, 0.29) is 30.6 Å². The number of hydrogen-bond donors (Lipinski definition) is 2. The van der Waals surface area contributed by atoms with Gasteiger partial charge in [-0.1, -0.05) is 0 Å². The van der Waals surface area contributed by atoms with Crippen molar-refractivity contribution in [3.05, 3.63) is 26.2 Å². The van der Waals surface area contributed by atoms with Gasteiger partial charge >= 0.3 is 12.1 Å². The number of nitrogens with one attached hydrogen (secondary N) is 1. The summed E-state index contributed by atoms with van der Waals surface area (Å²) in [5.41, 5.74) is -0.851. The number of amides is 1. The van der Waals surface area contributed by atoms with Gasteiger partial charge in [-0.2, -0.15) is 18.2 Å². The molecule has 1 aliphatic heterocycles. The molecule has 0 aromatic carbocycles. The van der Waals surface area contributed by atoms with Crippen molar-refractivity contribution in [2.24, 2.45) is 0 Å². The molecular formula is C20H23F3IN5O3. The second-order valence-corrected chi connectivity index (χ2v) is 9.78. The molecule has 32 heavy (non-hydrogen) atoms. The number of halogens is 4. The number of likely N-dealkylation sites (tertiary alicyclic amines) is 1. The molecule has 2 fully saturated rings. The number of anilines is 1. The highest BCUT2D eigenvalue weighted by molar-refractivity contribution is 14.1. The van der Waals surface area contributed by atoms with Crippen LogP contribution in [-0.2, 0) is 4.79 Å². The molecule has 2 aliphatic rings. The first kappa shape index (κ1) is 23.2. The predicted octanol–water partition coefficient (Wildman–Crippen LogP) is 2.84. The number of nitrogens with zero attached hydrogens (tertiary/aromatic N) is 4. The molecule has 1 amide bonds. The maximum Gasteiger partial charge on any atom is 0.471 e. The van der Waals surface area contributed by atoms with Gasteiger partial charge in [0, 0.05) is 30.7 Å². The second-order valence-electron chi connectivity index (χ2n) is 8.61. The summed E-state index contributed by atoms with van der Waals surface area (Å²) in [4.78, 5) is 34.0. The Morgan fingerprint density at radius 3 is 2.59 bits per heavy atom. The van der Waals surface area contributed by atoms with Gasteiger partial charge in [0.15, 0.2) is 0 Å². The average molecular weight is 565 g/mol. The van der Waals surface area contributed by atoms with E-state index in [4.69, 9.17) is 0 Å². The van der Waals surface area contributed by atoms with Gasteiger partial charge in [0.25, 0.3) is 5.56 Å². The first-order valence-electron chi connectivity index (χ1n) is 10.4. The number of aromatic nitrogens is 3. The number of rotatable bonds is 3. The lowest BCUT2D eigenvalue weighted by Gasteiger charge is -2.32. The third-order valence-corrected chi connectivity index (χ3v) is 7.05. The summed E-state index contributed by atoms with van der Waals surface area (Å²) in [6, 6.07) is 1.08. The second kappa shape index (κ2) is 8.43. The molecule has 1 saturated heterocycles. The number of aliphatic hydroxyl groups is 1. The zero-order valence-electron chi connectivity index (χ0n) is 17.3. The van der Waals surface area contributed by atoms with Crippen molar-refractivity contribution >= 4 is 45.5 Å². The fourth-order valence-corrected chi connectivity index (χ4v) is 5.17. The van der Waals surface area contributed by atoms with Crippen molar-refractivity contribution in [1.29, 1.82) is 0 Å². The SMILES string of the molecule is C[C@@]1(O)CCC[C@H]1n1c(=O)c(I)cc2cnc(NC3CCN(C(=O)C(F)(F)F)CC3)nc21. The lowest BCUT2D eigenvalue weighted by Crippen LogP contribution is -2.47. The van der Waals surface area contributed by atoms with E-state index in [1.54, 1.807) is 23.8 Å². The lowest BCUT2D eigenvalue weighted by molar-refractivity contribution is -0.186. The average Bonchev–Trinajstić information content (AvgIpc) is 3.07. The van der Waals surface area contributed by atoms with Crippen LogP contribution in [-0.4, -0.2) is 61.4 Å². The van der Waals surface area contributed by atoms with Crippen molar-refractivity contribution in [2.75, 3.05) is 18.4 Å². The quantitative estimate of drug-likeness (QED) is 0.556. The molecule has 3 heterocycles. The number of carbonyl (C=O) groups excluding carboxylic acids is 1. The highest BCUT2D eigenvalue weighted by atomic mass is 127. The van der Waals surface area contributed by atoms with Crippen molar-refractivity contribution in [2.45, 2.75) is 62.9 Å². The van der Waals surface area contributed by atoms with Gasteiger partial charge in [-0.3, -0.25) is 14.2 Å². The largest absolute Gasteiger partial charge is 0.471 e. The Balaban J connectivity index is 1.58. The summed E-state index contributed by atoms with van der Waals surface area (Å²) in [6.45, 7) is 1.69. The minimum Gasteiger partial charge on any atom is -0.388 e. The van der Waals surface area contributed by atoms with Crippen LogP contribution in [0.4, 0.5) is 19.1 Å². The van der Waals surface area contributed by atoms with Crippen molar-refractivity contribution in [3.8, 4) is 0 Å². The predicted molar refractivity (Wildman–Crippen MR) is 119 cm³/mol. The van der Waals surface area contributed by atoms with E-state index in [9.17, 15) is 27.9 Å². The highest BCUT2D eigenvalue weighted by Crippen LogP contribution is 2.39. The van der Waals surface area contributed by atoms with E-state index in [0.29, 0.717) is 40.3 Å². The van der Waals surface area contributed by atoms with E-state index in [2.05, 4.69) is 15.3 Å². The number of carbonyl (C=O) groups is 1. The van der Waals surface area contributed by atoms with Crippen molar-refractivity contribution < 1.29 is 23.1 Å². The van der Waals surface area contributed by atoms with E-state index >= 15 is 0 Å². The Hall–Kier alpha value is -1.96. The molecule has 2 aromatic rings. The van der Waals surface area contributed by atoms with E-state index in [1.165, 1.54) is 0 Å². The van der Waals surface area contributed by atoms with Gasteiger partial charge in [-0.05, 0) is 67.7 Å². The number of piperidine rings is 1. The number of fused-ring (bicyclic) bond motifs is 1. The van der Waals surface area contributed by atoms with Crippen LogP contribution in [0, 0.1) is 3.57 Å². The molecule has 0 unspecified atom stereocenters. The monoisotopic (exact) mass is 565 g/mol. The van der Waals surface area contributed by atoms with Crippen LogP contribution >= 0.6 is 22.6 Å². The van der Waals surface area contributed by atoms with Crippen LogP contribution in [0.3, 0.4) is 0 Å².